The summed E-state index contributed by atoms with van der Waals surface area (Å²) in [6.45, 7) is 6.31. The van der Waals surface area contributed by atoms with Gasteiger partial charge in [0, 0.05) is 43.3 Å². The third kappa shape index (κ3) is 3.31. The van der Waals surface area contributed by atoms with Crippen LogP contribution in [0.3, 0.4) is 0 Å². The van der Waals surface area contributed by atoms with Gasteiger partial charge in [0.2, 0.25) is 10.0 Å². The van der Waals surface area contributed by atoms with E-state index < -0.39 is 15.6 Å². The van der Waals surface area contributed by atoms with Gasteiger partial charge in [-0.2, -0.15) is 4.31 Å². The van der Waals surface area contributed by atoms with Crippen molar-refractivity contribution >= 4 is 26.7 Å². The number of piperazine rings is 1. The van der Waals surface area contributed by atoms with E-state index in [1.165, 1.54) is 39.3 Å². The van der Waals surface area contributed by atoms with Gasteiger partial charge in [0.25, 0.3) is 0 Å². The molecule has 1 aliphatic heterocycles. The lowest BCUT2D eigenvalue weighted by molar-refractivity contribution is 0.384. The molecule has 7 heteroatoms. The summed E-state index contributed by atoms with van der Waals surface area (Å²) < 4.78 is 32.8. The Morgan fingerprint density at radius 1 is 0.893 bits per heavy atom. The lowest BCUT2D eigenvalue weighted by atomic mass is 10.1. The van der Waals surface area contributed by atoms with Crippen molar-refractivity contribution < 1.29 is 12.8 Å². The summed E-state index contributed by atoms with van der Waals surface area (Å²) in [4.78, 5) is 13.8. The Bertz CT molecular complexity index is 1170. The van der Waals surface area contributed by atoms with Crippen LogP contribution in [0.2, 0.25) is 0 Å². The summed E-state index contributed by atoms with van der Waals surface area (Å²) in [5.74, 6) is 0. The maximum Gasteiger partial charge on any atom is 0.336 e. The highest BCUT2D eigenvalue weighted by Gasteiger charge is 2.29. The molecule has 3 aromatic rings. The molecule has 6 nitrogen and oxygen atoms in total. The smallest absolute Gasteiger partial charge is 0.336 e. The van der Waals surface area contributed by atoms with Crippen molar-refractivity contribution in [1.82, 2.24) is 4.31 Å². The van der Waals surface area contributed by atoms with Crippen molar-refractivity contribution in [3.63, 3.8) is 0 Å². The SMILES string of the molecule is Cc1cccc(C)c1N1CCN(S(=O)(=O)c2ccc3oc(=O)ccc3c2)CC1. The molecule has 0 bridgehead atoms. The van der Waals surface area contributed by atoms with Gasteiger partial charge in [-0.25, -0.2) is 13.2 Å². The predicted molar refractivity (Wildman–Crippen MR) is 109 cm³/mol. The second kappa shape index (κ2) is 7.07. The van der Waals surface area contributed by atoms with Crippen LogP contribution in [0.25, 0.3) is 11.0 Å². The molecule has 0 atom stereocenters. The van der Waals surface area contributed by atoms with E-state index in [4.69, 9.17) is 4.42 Å². The van der Waals surface area contributed by atoms with Crippen molar-refractivity contribution in [1.29, 1.82) is 0 Å². The van der Waals surface area contributed by atoms with Gasteiger partial charge in [-0.1, -0.05) is 18.2 Å². The van der Waals surface area contributed by atoms with Gasteiger partial charge >= 0.3 is 5.63 Å². The van der Waals surface area contributed by atoms with E-state index in [0.29, 0.717) is 37.1 Å². The summed E-state index contributed by atoms with van der Waals surface area (Å²) in [7, 11) is -3.60. The van der Waals surface area contributed by atoms with Gasteiger partial charge in [-0.05, 0) is 49.2 Å². The van der Waals surface area contributed by atoms with Gasteiger partial charge < -0.3 is 9.32 Å². The van der Waals surface area contributed by atoms with Crippen LogP contribution < -0.4 is 10.5 Å². The Balaban J connectivity index is 1.57. The lowest BCUT2D eigenvalue weighted by Crippen LogP contribution is -2.49. The van der Waals surface area contributed by atoms with Crippen molar-refractivity contribution in [2.45, 2.75) is 18.7 Å². The molecule has 2 aromatic carbocycles. The Labute approximate surface area is 164 Å². The highest BCUT2D eigenvalue weighted by atomic mass is 32.2. The number of benzene rings is 2. The summed E-state index contributed by atoms with van der Waals surface area (Å²) in [5.41, 5.74) is 3.52. The number of anilines is 1. The minimum atomic E-state index is -3.60. The zero-order chi connectivity index (χ0) is 19.9. The number of fused-ring (bicyclic) bond motifs is 1. The average Bonchev–Trinajstić information content (AvgIpc) is 2.68. The van der Waals surface area contributed by atoms with E-state index >= 15 is 0 Å². The summed E-state index contributed by atoms with van der Waals surface area (Å²) in [6, 6.07) is 13.7. The zero-order valence-corrected chi connectivity index (χ0v) is 16.7. The number of hydrogen-bond acceptors (Lipinski definition) is 5. The van der Waals surface area contributed by atoms with E-state index in [1.54, 1.807) is 12.1 Å². The van der Waals surface area contributed by atoms with Crippen LogP contribution in [0.5, 0.6) is 0 Å². The molecular weight excluding hydrogens is 376 g/mol. The zero-order valence-electron chi connectivity index (χ0n) is 15.9. The molecule has 4 rings (SSSR count). The van der Waals surface area contributed by atoms with E-state index in [0.717, 1.165) is 0 Å². The fourth-order valence-corrected chi connectivity index (χ4v) is 5.27. The average molecular weight is 398 g/mol. The topological polar surface area (TPSA) is 70.8 Å². The number of nitrogens with zero attached hydrogens (tertiary/aromatic N) is 2. The number of para-hydroxylation sites is 1. The molecular formula is C21H22N2O4S. The maximum atomic E-state index is 13.1. The first kappa shape index (κ1) is 18.7. The second-order valence-corrected chi connectivity index (χ2v) is 9.02. The highest BCUT2D eigenvalue weighted by molar-refractivity contribution is 7.89. The maximum absolute atomic E-state index is 13.1. The van der Waals surface area contributed by atoms with Crippen LogP contribution in [-0.2, 0) is 10.0 Å². The molecule has 0 spiro atoms. The summed E-state index contributed by atoms with van der Waals surface area (Å²) in [6.07, 6.45) is 0. The Morgan fingerprint density at radius 3 is 2.25 bits per heavy atom. The highest BCUT2D eigenvalue weighted by Crippen LogP contribution is 2.27. The van der Waals surface area contributed by atoms with Crippen LogP contribution in [-0.4, -0.2) is 38.9 Å². The van der Waals surface area contributed by atoms with Crippen LogP contribution in [0, 0.1) is 13.8 Å². The number of sulfonamides is 1. The number of hydrogen-bond donors (Lipinski definition) is 0. The molecule has 0 aliphatic carbocycles. The first-order chi connectivity index (χ1) is 13.4. The molecule has 0 saturated carbocycles. The first-order valence-electron chi connectivity index (χ1n) is 9.21. The molecule has 0 radical (unpaired) electrons. The van der Waals surface area contributed by atoms with Crippen molar-refractivity contribution in [3.8, 4) is 0 Å². The van der Waals surface area contributed by atoms with Crippen LogP contribution >= 0.6 is 0 Å². The number of rotatable bonds is 3. The largest absolute Gasteiger partial charge is 0.423 e. The Hall–Kier alpha value is -2.64. The van der Waals surface area contributed by atoms with Crippen molar-refractivity contribution in [2.75, 3.05) is 31.1 Å². The minimum Gasteiger partial charge on any atom is -0.423 e. The van der Waals surface area contributed by atoms with Crippen LogP contribution in [0.1, 0.15) is 11.1 Å². The lowest BCUT2D eigenvalue weighted by Gasteiger charge is -2.36. The molecule has 1 aromatic heterocycles. The van der Waals surface area contributed by atoms with E-state index in [9.17, 15) is 13.2 Å². The third-order valence-corrected chi connectivity index (χ3v) is 7.12. The molecule has 1 saturated heterocycles. The third-order valence-electron chi connectivity index (χ3n) is 5.22. The molecule has 146 valence electrons. The quantitative estimate of drug-likeness (QED) is 0.635. The van der Waals surface area contributed by atoms with Crippen molar-refractivity contribution in [2.24, 2.45) is 0 Å². The molecule has 1 fully saturated rings. The van der Waals surface area contributed by atoms with Gasteiger partial charge in [0.15, 0.2) is 0 Å². The monoisotopic (exact) mass is 398 g/mol. The summed E-state index contributed by atoms with van der Waals surface area (Å²) >= 11 is 0. The first-order valence-corrected chi connectivity index (χ1v) is 10.7. The predicted octanol–water partition coefficient (Wildman–Crippen LogP) is 2.92. The molecule has 0 N–H and O–H groups in total. The molecule has 1 aliphatic rings. The second-order valence-electron chi connectivity index (χ2n) is 7.09. The van der Waals surface area contributed by atoms with Gasteiger partial charge in [0.05, 0.1) is 4.90 Å². The fourth-order valence-electron chi connectivity index (χ4n) is 3.82. The standard InChI is InChI=1S/C21H22N2O4S/c1-15-4-3-5-16(2)21(15)22-10-12-23(13-11-22)28(25,26)18-7-8-19-17(14-18)6-9-20(24)27-19/h3-9,14H,10-13H2,1-2H3. The Kier molecular flexibility index (Phi) is 4.72. The van der Waals surface area contributed by atoms with Gasteiger partial charge in [-0.15, -0.1) is 0 Å². The fraction of sp³-hybridized carbons (Fsp3) is 0.286. The van der Waals surface area contributed by atoms with Gasteiger partial charge in [0.1, 0.15) is 5.58 Å². The van der Waals surface area contributed by atoms with E-state index in [1.807, 2.05) is 6.07 Å². The van der Waals surface area contributed by atoms with Crippen molar-refractivity contribution in [3.05, 3.63) is 70.1 Å². The van der Waals surface area contributed by atoms with Crippen LogP contribution in [0.4, 0.5) is 5.69 Å². The van der Waals surface area contributed by atoms with Gasteiger partial charge in [-0.3, -0.25) is 0 Å². The van der Waals surface area contributed by atoms with E-state index in [-0.39, 0.29) is 4.90 Å². The minimum absolute atomic E-state index is 0.217. The molecule has 28 heavy (non-hydrogen) atoms. The summed E-state index contributed by atoms with van der Waals surface area (Å²) in [5, 5.41) is 0.592. The Morgan fingerprint density at radius 2 is 1.57 bits per heavy atom. The molecule has 2 heterocycles. The van der Waals surface area contributed by atoms with Crippen LogP contribution in [0.15, 0.2) is 62.6 Å². The molecule has 0 amide bonds. The normalized spacial score (nSPS) is 15.9. The molecule has 0 unspecified atom stereocenters. The van der Waals surface area contributed by atoms with E-state index in [2.05, 4.69) is 30.9 Å². The number of aryl methyl sites for hydroxylation is 2.